The molecule has 0 spiro atoms. The molecule has 2 aromatic rings. The zero-order chi connectivity index (χ0) is 33.5. The number of carbonyl (C=O) groups is 2. The lowest BCUT2D eigenvalue weighted by Crippen LogP contribution is -2.62. The molecule has 0 saturated heterocycles. The van der Waals surface area contributed by atoms with Gasteiger partial charge in [-0.2, -0.15) is 0 Å². The summed E-state index contributed by atoms with van der Waals surface area (Å²) in [7, 11) is 0. The molecule has 7 rings (SSSR count). The number of rotatable bonds is 4. The molecule has 4 nitrogen and oxygen atoms in total. The quantitative estimate of drug-likeness (QED) is 0.314. The molecule has 250 valence electrons. The first-order valence-electron chi connectivity index (χ1n) is 18.1. The van der Waals surface area contributed by atoms with E-state index in [0.717, 1.165) is 44.9 Å². The number of hydrogen-bond donors (Lipinski definition) is 0. The van der Waals surface area contributed by atoms with Crippen LogP contribution in [0.15, 0.2) is 84.0 Å². The second-order valence-corrected chi connectivity index (χ2v) is 17.6. The molecule has 0 bridgehead atoms. The maximum atomic E-state index is 13.3. The van der Waals surface area contributed by atoms with Crippen molar-refractivity contribution in [3.05, 3.63) is 95.1 Å². The first-order valence-corrected chi connectivity index (χ1v) is 18.1. The third-order valence-electron chi connectivity index (χ3n) is 14.7. The van der Waals surface area contributed by atoms with Gasteiger partial charge in [0, 0.05) is 5.41 Å². The van der Waals surface area contributed by atoms with Crippen LogP contribution in [-0.4, -0.2) is 23.6 Å². The third-order valence-corrected chi connectivity index (χ3v) is 14.7. The van der Waals surface area contributed by atoms with Crippen LogP contribution in [0.4, 0.5) is 0 Å². The van der Waals surface area contributed by atoms with E-state index in [-0.39, 0.29) is 45.1 Å². The second kappa shape index (κ2) is 10.9. The Morgan fingerprint density at radius 3 is 1.96 bits per heavy atom. The maximum Gasteiger partial charge on any atom is 0.338 e. The smallest absolute Gasteiger partial charge is 0.338 e. The van der Waals surface area contributed by atoms with Crippen LogP contribution in [0.2, 0.25) is 0 Å². The molecule has 0 aromatic heterocycles. The van der Waals surface area contributed by atoms with Crippen LogP contribution in [0.5, 0.6) is 0 Å². The summed E-state index contributed by atoms with van der Waals surface area (Å²) in [6, 6.07) is 18.9. The summed E-state index contributed by atoms with van der Waals surface area (Å²) in [5, 5.41) is 0. The van der Waals surface area contributed by atoms with Gasteiger partial charge in [0.1, 0.15) is 11.7 Å². The summed E-state index contributed by atoms with van der Waals surface area (Å²) in [4.78, 5) is 26.4. The van der Waals surface area contributed by atoms with E-state index in [9.17, 15) is 9.59 Å². The van der Waals surface area contributed by atoms with Crippen LogP contribution in [0.3, 0.4) is 0 Å². The lowest BCUT2D eigenvalue weighted by Gasteiger charge is -2.68. The van der Waals surface area contributed by atoms with E-state index in [1.54, 1.807) is 11.1 Å². The summed E-state index contributed by atoms with van der Waals surface area (Å²) < 4.78 is 12.7. The van der Waals surface area contributed by atoms with E-state index in [4.69, 9.17) is 9.47 Å². The molecular weight excluding hydrogens is 580 g/mol. The van der Waals surface area contributed by atoms with Crippen LogP contribution in [0.1, 0.15) is 127 Å². The molecule has 0 radical (unpaired) electrons. The molecule has 47 heavy (non-hydrogen) atoms. The summed E-state index contributed by atoms with van der Waals surface area (Å²) in [5.41, 5.74) is 4.18. The Morgan fingerprint density at radius 2 is 1.30 bits per heavy atom. The number of esters is 2. The molecule has 0 amide bonds. The standard InChI is InChI=1S/C43H54O4/c1-38(2)33-19-18-32-31(41(33,5)22-21-35(38)46-36(44)29-14-10-8-11-15-29)20-23-43(7)34-28-40(4,47-37(45)30-16-12-9-13-17-30)26-24-39(34,3)25-27-42(32,43)6/h8-18,20,33-35H,19,21-28H2,1-7H3. The molecule has 8 unspecified atom stereocenters. The number of ether oxygens (including phenoxy) is 2. The summed E-state index contributed by atoms with van der Waals surface area (Å²) in [5.74, 6) is 0.431. The Kier molecular flexibility index (Phi) is 7.54. The average molecular weight is 635 g/mol. The van der Waals surface area contributed by atoms with Gasteiger partial charge in [0.15, 0.2) is 0 Å². The lowest BCUT2D eigenvalue weighted by atomic mass is 9.36. The summed E-state index contributed by atoms with van der Waals surface area (Å²) in [6.07, 6.45) is 14.4. The van der Waals surface area contributed by atoms with Crippen LogP contribution in [0, 0.1) is 38.9 Å². The fourth-order valence-electron chi connectivity index (χ4n) is 11.5. The van der Waals surface area contributed by atoms with E-state index in [1.165, 1.54) is 12.8 Å². The maximum absolute atomic E-state index is 13.3. The molecule has 8 atom stereocenters. The molecule has 5 aliphatic carbocycles. The molecule has 0 aliphatic heterocycles. The predicted octanol–water partition coefficient (Wildman–Crippen LogP) is 10.5. The minimum Gasteiger partial charge on any atom is -0.458 e. The van der Waals surface area contributed by atoms with E-state index in [1.807, 2.05) is 60.7 Å². The van der Waals surface area contributed by atoms with Gasteiger partial charge in [-0.1, -0.05) is 90.1 Å². The highest BCUT2D eigenvalue weighted by Gasteiger charge is 2.66. The number of carbonyl (C=O) groups excluding carboxylic acids is 2. The van der Waals surface area contributed by atoms with E-state index >= 15 is 0 Å². The van der Waals surface area contributed by atoms with E-state index in [0.29, 0.717) is 23.0 Å². The SMILES string of the molecule is CC1(OC(=O)c2ccccc2)CCC2(C)CCC3(C)C4=CCC5C(C)(CCC(OC(=O)c6ccccc6)C5(C)C)C4=CCC3(C)C2C1. The molecular formula is C43H54O4. The van der Waals surface area contributed by atoms with Crippen molar-refractivity contribution >= 4 is 11.9 Å². The van der Waals surface area contributed by atoms with Gasteiger partial charge in [0.05, 0.1) is 11.1 Å². The van der Waals surface area contributed by atoms with E-state index < -0.39 is 5.60 Å². The molecule has 2 aromatic carbocycles. The zero-order valence-electron chi connectivity index (χ0n) is 29.7. The van der Waals surface area contributed by atoms with Crippen LogP contribution < -0.4 is 0 Å². The number of hydrogen-bond acceptors (Lipinski definition) is 4. The Bertz CT molecular complexity index is 1620. The van der Waals surface area contributed by atoms with Gasteiger partial charge in [0.2, 0.25) is 0 Å². The molecule has 0 N–H and O–H groups in total. The summed E-state index contributed by atoms with van der Waals surface area (Å²) in [6.45, 7) is 17.0. The fraction of sp³-hybridized carbons (Fsp3) is 0.581. The number of allylic oxidation sites excluding steroid dienone is 4. The van der Waals surface area contributed by atoms with E-state index in [2.05, 4.69) is 60.6 Å². The van der Waals surface area contributed by atoms with Gasteiger partial charge in [-0.3, -0.25) is 0 Å². The minimum atomic E-state index is -0.472. The van der Waals surface area contributed by atoms with Crippen molar-refractivity contribution in [2.45, 2.75) is 118 Å². The second-order valence-electron chi connectivity index (χ2n) is 17.6. The van der Waals surface area contributed by atoms with Crippen molar-refractivity contribution in [1.82, 2.24) is 0 Å². The first-order chi connectivity index (χ1) is 22.2. The van der Waals surface area contributed by atoms with Crippen molar-refractivity contribution in [3.63, 3.8) is 0 Å². The molecule has 5 aliphatic rings. The predicted molar refractivity (Wildman–Crippen MR) is 187 cm³/mol. The third kappa shape index (κ3) is 4.90. The van der Waals surface area contributed by atoms with Crippen molar-refractivity contribution in [2.75, 3.05) is 0 Å². The van der Waals surface area contributed by atoms with Crippen LogP contribution in [0.25, 0.3) is 0 Å². The van der Waals surface area contributed by atoms with Gasteiger partial charge >= 0.3 is 11.9 Å². The first kappa shape index (κ1) is 32.4. The van der Waals surface area contributed by atoms with Crippen molar-refractivity contribution in [1.29, 1.82) is 0 Å². The van der Waals surface area contributed by atoms with Gasteiger partial charge in [-0.05, 0) is 134 Å². The molecule has 4 heteroatoms. The summed E-state index contributed by atoms with van der Waals surface area (Å²) >= 11 is 0. The normalized spacial score (nSPS) is 40.3. The zero-order valence-corrected chi connectivity index (χ0v) is 29.7. The molecule has 3 fully saturated rings. The highest BCUT2D eigenvalue weighted by molar-refractivity contribution is 5.90. The molecule has 0 heterocycles. The van der Waals surface area contributed by atoms with Crippen molar-refractivity contribution in [3.8, 4) is 0 Å². The average Bonchev–Trinajstić information content (AvgIpc) is 3.05. The van der Waals surface area contributed by atoms with Crippen molar-refractivity contribution < 1.29 is 19.1 Å². The highest BCUT2D eigenvalue weighted by atomic mass is 16.6. The fourth-order valence-corrected chi connectivity index (χ4v) is 11.5. The highest BCUT2D eigenvalue weighted by Crippen LogP contribution is 2.74. The van der Waals surface area contributed by atoms with Crippen LogP contribution >= 0.6 is 0 Å². The Morgan fingerprint density at radius 1 is 0.681 bits per heavy atom. The largest absolute Gasteiger partial charge is 0.458 e. The Balaban J connectivity index is 1.17. The van der Waals surface area contributed by atoms with Gasteiger partial charge in [-0.25, -0.2) is 9.59 Å². The van der Waals surface area contributed by atoms with Gasteiger partial charge in [-0.15, -0.1) is 0 Å². The minimum absolute atomic E-state index is 0.0423. The van der Waals surface area contributed by atoms with Gasteiger partial charge < -0.3 is 9.47 Å². The van der Waals surface area contributed by atoms with Gasteiger partial charge in [0.25, 0.3) is 0 Å². The van der Waals surface area contributed by atoms with Crippen LogP contribution in [-0.2, 0) is 9.47 Å². The number of benzene rings is 2. The number of fused-ring (bicyclic) bond motifs is 7. The topological polar surface area (TPSA) is 52.6 Å². The van der Waals surface area contributed by atoms with Crippen molar-refractivity contribution in [2.24, 2.45) is 38.9 Å². The lowest BCUT2D eigenvalue weighted by molar-refractivity contribution is -0.164. The monoisotopic (exact) mass is 634 g/mol. The molecule has 3 saturated carbocycles. The Hall–Kier alpha value is -3.14. The Labute approximate surface area is 282 Å².